The Morgan fingerprint density at radius 3 is 2.33 bits per heavy atom. The molecule has 0 saturated heterocycles. The normalized spacial score (nSPS) is 11.4. The van der Waals surface area contributed by atoms with Gasteiger partial charge >= 0.3 is 11.9 Å². The van der Waals surface area contributed by atoms with Crippen LogP contribution in [0.25, 0.3) is 5.82 Å². The van der Waals surface area contributed by atoms with Crippen LogP contribution in [0.3, 0.4) is 0 Å². The fourth-order valence-corrected chi connectivity index (χ4v) is 1.44. The summed E-state index contributed by atoms with van der Waals surface area (Å²) < 4.78 is 37.8. The van der Waals surface area contributed by atoms with E-state index in [0.29, 0.717) is 23.0 Å². The Bertz CT molecular complexity index is 726. The third-order valence-corrected chi connectivity index (χ3v) is 2.34. The Kier molecular flexibility index (Phi) is 3.29. The van der Waals surface area contributed by atoms with Crippen LogP contribution in [-0.4, -0.2) is 24.6 Å². The maximum atomic E-state index is 12.4. The molecule has 0 aromatic carbocycles. The molecule has 0 N–H and O–H groups in total. The van der Waals surface area contributed by atoms with E-state index in [4.69, 9.17) is 0 Å². The molecular formula is C9H4F3N5O4. The van der Waals surface area contributed by atoms with E-state index in [1.165, 1.54) is 0 Å². The molecule has 0 unspecified atom stereocenters. The van der Waals surface area contributed by atoms with E-state index in [1.807, 2.05) is 0 Å². The first-order chi connectivity index (χ1) is 9.70. The Morgan fingerprint density at radius 1 is 1.19 bits per heavy atom. The SMILES string of the molecule is O=[N+]([O-])c1cnc(-n2ccc(C(F)(F)F)n2)c([N+](=O)[O-])c1. The Morgan fingerprint density at radius 2 is 1.86 bits per heavy atom. The molecule has 0 aliphatic carbocycles. The van der Waals surface area contributed by atoms with Gasteiger partial charge in [0, 0.05) is 6.20 Å². The number of alkyl halides is 3. The van der Waals surface area contributed by atoms with Gasteiger partial charge in [-0.05, 0) is 6.07 Å². The molecule has 0 fully saturated rings. The van der Waals surface area contributed by atoms with Crippen molar-refractivity contribution in [2.45, 2.75) is 6.18 Å². The van der Waals surface area contributed by atoms with Crippen molar-refractivity contribution >= 4 is 11.4 Å². The monoisotopic (exact) mass is 303 g/mol. The minimum Gasteiger partial charge on any atom is -0.258 e. The van der Waals surface area contributed by atoms with Gasteiger partial charge in [-0.1, -0.05) is 0 Å². The largest absolute Gasteiger partial charge is 0.435 e. The van der Waals surface area contributed by atoms with Crippen molar-refractivity contribution in [3.05, 3.63) is 50.4 Å². The Balaban J connectivity index is 2.56. The smallest absolute Gasteiger partial charge is 0.258 e. The molecule has 2 heterocycles. The maximum Gasteiger partial charge on any atom is 0.435 e. The average Bonchev–Trinajstić information content (AvgIpc) is 2.87. The van der Waals surface area contributed by atoms with E-state index >= 15 is 0 Å². The molecule has 2 rings (SSSR count). The van der Waals surface area contributed by atoms with Gasteiger partial charge in [0.05, 0.1) is 15.9 Å². The van der Waals surface area contributed by atoms with E-state index in [-0.39, 0.29) is 0 Å². The van der Waals surface area contributed by atoms with Crippen LogP contribution in [0.5, 0.6) is 0 Å². The molecule has 21 heavy (non-hydrogen) atoms. The number of hydrogen-bond donors (Lipinski definition) is 0. The van der Waals surface area contributed by atoms with Crippen LogP contribution < -0.4 is 0 Å². The summed E-state index contributed by atoms with van der Waals surface area (Å²) in [6.07, 6.45) is -3.21. The molecule has 110 valence electrons. The van der Waals surface area contributed by atoms with Gasteiger partial charge < -0.3 is 0 Å². The number of nitro groups is 2. The van der Waals surface area contributed by atoms with Gasteiger partial charge in [-0.15, -0.1) is 0 Å². The van der Waals surface area contributed by atoms with Crippen molar-refractivity contribution in [2.24, 2.45) is 0 Å². The summed E-state index contributed by atoms with van der Waals surface area (Å²) in [5.41, 5.74) is -2.76. The fourth-order valence-electron chi connectivity index (χ4n) is 1.44. The van der Waals surface area contributed by atoms with Crippen molar-refractivity contribution in [3.63, 3.8) is 0 Å². The highest BCUT2D eigenvalue weighted by Gasteiger charge is 2.34. The van der Waals surface area contributed by atoms with E-state index in [2.05, 4.69) is 10.1 Å². The molecule has 12 heteroatoms. The number of aromatic nitrogens is 3. The zero-order valence-electron chi connectivity index (χ0n) is 9.81. The standard InChI is InChI=1S/C9H4F3N5O4/c10-9(11,12)7-1-2-15(14-7)8-6(17(20)21)3-5(4-13-8)16(18)19/h1-4H. The number of rotatable bonds is 3. The third kappa shape index (κ3) is 2.77. The average molecular weight is 303 g/mol. The summed E-state index contributed by atoms with van der Waals surface area (Å²) in [5.74, 6) is -0.555. The number of nitrogens with zero attached hydrogens (tertiary/aromatic N) is 5. The topological polar surface area (TPSA) is 117 Å². The molecule has 0 aliphatic heterocycles. The van der Waals surface area contributed by atoms with Crippen molar-refractivity contribution < 1.29 is 23.0 Å². The third-order valence-electron chi connectivity index (χ3n) is 2.34. The number of halogens is 3. The minimum atomic E-state index is -4.72. The molecule has 0 spiro atoms. The molecule has 9 nitrogen and oxygen atoms in total. The van der Waals surface area contributed by atoms with Gasteiger partial charge in [0.1, 0.15) is 6.20 Å². The van der Waals surface area contributed by atoms with Crippen LogP contribution >= 0.6 is 0 Å². The first kappa shape index (κ1) is 14.4. The second-order valence-electron chi connectivity index (χ2n) is 3.69. The molecule has 0 amide bonds. The molecule has 0 atom stereocenters. The molecule has 2 aromatic rings. The fraction of sp³-hybridized carbons (Fsp3) is 0.111. The second kappa shape index (κ2) is 4.81. The van der Waals surface area contributed by atoms with Crippen LogP contribution in [0.1, 0.15) is 5.69 Å². The van der Waals surface area contributed by atoms with E-state index < -0.39 is 38.9 Å². The van der Waals surface area contributed by atoms with Crippen LogP contribution in [0, 0.1) is 20.2 Å². The van der Waals surface area contributed by atoms with Crippen LogP contribution in [0.4, 0.5) is 24.5 Å². The summed E-state index contributed by atoms with van der Waals surface area (Å²) in [6, 6.07) is 1.20. The Hall–Kier alpha value is -3.05. The van der Waals surface area contributed by atoms with E-state index in [9.17, 15) is 33.4 Å². The number of hydrogen-bond acceptors (Lipinski definition) is 6. The van der Waals surface area contributed by atoms with Crippen molar-refractivity contribution in [2.75, 3.05) is 0 Å². The number of pyridine rings is 1. The highest BCUT2D eigenvalue weighted by Crippen LogP contribution is 2.29. The molecule has 0 aliphatic rings. The van der Waals surface area contributed by atoms with Gasteiger partial charge in [0.15, 0.2) is 5.69 Å². The van der Waals surface area contributed by atoms with Gasteiger partial charge in [0.25, 0.3) is 5.69 Å². The quantitative estimate of drug-likeness (QED) is 0.633. The van der Waals surface area contributed by atoms with Crippen LogP contribution in [0.2, 0.25) is 0 Å². The summed E-state index contributed by atoms with van der Waals surface area (Å²) in [5, 5.41) is 24.5. The van der Waals surface area contributed by atoms with Gasteiger partial charge in [-0.2, -0.15) is 18.3 Å². The lowest BCUT2D eigenvalue weighted by Gasteiger charge is -2.03. The molecule has 0 bridgehead atoms. The molecule has 2 aromatic heterocycles. The van der Waals surface area contributed by atoms with E-state index in [0.717, 1.165) is 6.20 Å². The Labute approximate surface area is 112 Å². The summed E-state index contributed by atoms with van der Waals surface area (Å²) >= 11 is 0. The zero-order valence-corrected chi connectivity index (χ0v) is 9.81. The van der Waals surface area contributed by atoms with Crippen LogP contribution in [0.15, 0.2) is 24.5 Å². The molecular weight excluding hydrogens is 299 g/mol. The molecule has 0 saturated carbocycles. The predicted molar refractivity (Wildman–Crippen MR) is 59.7 cm³/mol. The lowest BCUT2D eigenvalue weighted by Crippen LogP contribution is -2.09. The second-order valence-corrected chi connectivity index (χ2v) is 3.69. The first-order valence-electron chi connectivity index (χ1n) is 5.12. The predicted octanol–water partition coefficient (Wildman–Crippen LogP) is 2.10. The first-order valence-corrected chi connectivity index (χ1v) is 5.12. The van der Waals surface area contributed by atoms with Gasteiger partial charge in [-0.3, -0.25) is 20.2 Å². The zero-order chi connectivity index (χ0) is 15.8. The lowest BCUT2D eigenvalue weighted by atomic mass is 10.3. The van der Waals surface area contributed by atoms with Crippen molar-refractivity contribution in [3.8, 4) is 5.82 Å². The highest BCUT2D eigenvalue weighted by atomic mass is 19.4. The van der Waals surface area contributed by atoms with Crippen LogP contribution in [-0.2, 0) is 6.18 Å². The van der Waals surface area contributed by atoms with Crippen molar-refractivity contribution in [1.29, 1.82) is 0 Å². The summed E-state index contributed by atoms with van der Waals surface area (Å²) in [6.45, 7) is 0. The van der Waals surface area contributed by atoms with Gasteiger partial charge in [-0.25, -0.2) is 9.67 Å². The van der Waals surface area contributed by atoms with Crippen molar-refractivity contribution in [1.82, 2.24) is 14.8 Å². The summed E-state index contributed by atoms with van der Waals surface area (Å²) in [4.78, 5) is 22.9. The minimum absolute atomic E-state index is 0.532. The highest BCUT2D eigenvalue weighted by molar-refractivity contribution is 5.52. The molecule has 0 radical (unpaired) electrons. The van der Waals surface area contributed by atoms with E-state index in [1.54, 1.807) is 0 Å². The maximum absolute atomic E-state index is 12.4. The summed E-state index contributed by atoms with van der Waals surface area (Å²) in [7, 11) is 0. The van der Waals surface area contributed by atoms with Gasteiger partial charge in [0.2, 0.25) is 5.82 Å². The lowest BCUT2D eigenvalue weighted by molar-refractivity contribution is -0.394.